The van der Waals surface area contributed by atoms with Crippen molar-refractivity contribution in [2.45, 2.75) is 44.9 Å². The van der Waals surface area contributed by atoms with Crippen molar-refractivity contribution in [1.82, 2.24) is 4.73 Å². The lowest BCUT2D eigenvalue weighted by Gasteiger charge is -2.29. The average molecular weight is 315 g/mol. The number of pyridine rings is 1. The van der Waals surface area contributed by atoms with Gasteiger partial charge in [-0.1, -0.05) is 19.3 Å². The van der Waals surface area contributed by atoms with Crippen LogP contribution in [0, 0.1) is 6.92 Å². The van der Waals surface area contributed by atoms with Crippen molar-refractivity contribution in [3.8, 4) is 0 Å². The summed E-state index contributed by atoms with van der Waals surface area (Å²) >= 11 is 0. The summed E-state index contributed by atoms with van der Waals surface area (Å²) in [6, 6.07) is 3.24. The second-order valence-electron chi connectivity index (χ2n) is 5.25. The Morgan fingerprint density at radius 1 is 1.29 bits per heavy atom. The van der Waals surface area contributed by atoms with E-state index >= 15 is 0 Å². The highest BCUT2D eigenvalue weighted by Gasteiger charge is 2.20. The molecule has 7 nitrogen and oxygen atoms in total. The first-order valence-corrected chi connectivity index (χ1v) is 8.36. The molecular weight excluding hydrogens is 297 g/mol. The molecule has 1 aromatic rings. The summed E-state index contributed by atoms with van der Waals surface area (Å²) in [4.78, 5) is 37.9. The van der Waals surface area contributed by atoms with Crippen LogP contribution in [-0.4, -0.2) is 11.5 Å². The molecule has 0 atom stereocenters. The van der Waals surface area contributed by atoms with E-state index < -0.39 is 20.2 Å². The summed E-state index contributed by atoms with van der Waals surface area (Å²) in [6.07, 6.45) is 5.24. The molecule has 0 aromatic carbocycles. The minimum Gasteiger partial charge on any atom is -0.790 e. The summed E-state index contributed by atoms with van der Waals surface area (Å²) in [5, 5.41) is 0. The molecule has 0 amide bonds. The molecule has 0 saturated heterocycles. The van der Waals surface area contributed by atoms with Crippen LogP contribution in [0.2, 0.25) is 0 Å². The zero-order chi connectivity index (χ0) is 15.5. The molecule has 0 aliphatic heterocycles. The summed E-state index contributed by atoms with van der Waals surface area (Å²) in [7, 11) is -5.12. The number of rotatable bonds is 5. The highest BCUT2D eigenvalue weighted by molar-refractivity contribution is 7.43. The lowest BCUT2D eigenvalue weighted by atomic mass is 9.86. The maximum absolute atomic E-state index is 12.0. The van der Waals surface area contributed by atoms with E-state index in [9.17, 15) is 19.1 Å². The SMILES string of the molecule is Cc1cc(C2CCCCC2)n(OCOP(=O)([O-])[O-])c(=O)c1. The predicted molar refractivity (Wildman–Crippen MR) is 71.4 cm³/mol. The van der Waals surface area contributed by atoms with E-state index in [4.69, 9.17) is 4.84 Å². The van der Waals surface area contributed by atoms with Gasteiger partial charge in [-0.25, -0.2) is 0 Å². The van der Waals surface area contributed by atoms with Gasteiger partial charge in [-0.2, -0.15) is 0 Å². The van der Waals surface area contributed by atoms with Crippen LogP contribution >= 0.6 is 7.82 Å². The molecule has 1 saturated carbocycles. The molecule has 1 aliphatic carbocycles. The highest BCUT2D eigenvalue weighted by atomic mass is 31.2. The first kappa shape index (κ1) is 16.2. The van der Waals surface area contributed by atoms with Crippen molar-refractivity contribution in [2.75, 3.05) is 6.79 Å². The highest BCUT2D eigenvalue weighted by Crippen LogP contribution is 2.32. The van der Waals surface area contributed by atoms with Gasteiger partial charge in [0, 0.05) is 12.0 Å². The Morgan fingerprint density at radius 2 is 1.95 bits per heavy atom. The lowest BCUT2D eigenvalue weighted by Crippen LogP contribution is -2.33. The maximum Gasteiger partial charge on any atom is 0.283 e. The van der Waals surface area contributed by atoms with Crippen LogP contribution in [-0.2, 0) is 9.09 Å². The van der Waals surface area contributed by atoms with Crippen LogP contribution in [0.5, 0.6) is 0 Å². The van der Waals surface area contributed by atoms with Gasteiger partial charge in [-0.15, -0.1) is 4.73 Å². The van der Waals surface area contributed by atoms with Crippen LogP contribution < -0.4 is 20.2 Å². The fourth-order valence-electron chi connectivity index (χ4n) is 2.68. The molecule has 1 aromatic heterocycles. The van der Waals surface area contributed by atoms with E-state index in [1.54, 1.807) is 0 Å². The molecule has 1 fully saturated rings. The van der Waals surface area contributed by atoms with E-state index in [1.165, 1.54) is 12.5 Å². The molecule has 0 unspecified atom stereocenters. The minimum atomic E-state index is -5.12. The number of aryl methyl sites for hydroxylation is 1. The fraction of sp³-hybridized carbons (Fsp3) is 0.615. The molecule has 1 heterocycles. The van der Waals surface area contributed by atoms with Crippen LogP contribution in [0.15, 0.2) is 16.9 Å². The van der Waals surface area contributed by atoms with Gasteiger partial charge in [0.05, 0.1) is 13.5 Å². The van der Waals surface area contributed by atoms with Gasteiger partial charge in [0.1, 0.15) is 0 Å². The Morgan fingerprint density at radius 3 is 2.57 bits per heavy atom. The Hall–Kier alpha value is -1.14. The third-order valence-electron chi connectivity index (χ3n) is 3.58. The van der Waals surface area contributed by atoms with Gasteiger partial charge in [0.15, 0.2) is 0 Å². The molecule has 0 radical (unpaired) electrons. The Labute approximate surface area is 122 Å². The molecule has 118 valence electrons. The molecule has 0 N–H and O–H groups in total. The number of hydrogen-bond acceptors (Lipinski definition) is 6. The Kier molecular flexibility index (Phi) is 5.22. The topological polar surface area (TPSA) is 104 Å². The lowest BCUT2D eigenvalue weighted by molar-refractivity contribution is -0.346. The quantitative estimate of drug-likeness (QED) is 0.577. The number of aromatic nitrogens is 1. The molecule has 2 rings (SSSR count). The number of nitrogens with zero attached hydrogens (tertiary/aromatic N) is 1. The van der Waals surface area contributed by atoms with Crippen LogP contribution in [0.4, 0.5) is 0 Å². The fourth-order valence-corrected chi connectivity index (χ4v) is 2.85. The van der Waals surface area contributed by atoms with E-state index in [-0.39, 0.29) is 5.92 Å². The van der Waals surface area contributed by atoms with Crippen LogP contribution in [0.3, 0.4) is 0 Å². The van der Waals surface area contributed by atoms with E-state index in [1.807, 2.05) is 13.0 Å². The predicted octanol–water partition coefficient (Wildman–Crippen LogP) is 0.436. The third-order valence-corrected chi connectivity index (χ3v) is 4.00. The standard InChI is InChI=1S/C13H20NO6P/c1-10-7-12(11-5-3-2-4-6-11)14(13(15)8-10)19-9-20-21(16,17)18/h7-8,11H,2-6,9H2,1H3,(H2,16,17,18)/p-2. The first-order valence-electron chi connectivity index (χ1n) is 6.90. The summed E-state index contributed by atoms with van der Waals surface area (Å²) < 4.78 is 15.5. The zero-order valence-electron chi connectivity index (χ0n) is 11.8. The average Bonchev–Trinajstić information content (AvgIpc) is 2.40. The van der Waals surface area contributed by atoms with Gasteiger partial charge in [0.2, 0.25) is 6.79 Å². The molecule has 8 heteroatoms. The van der Waals surface area contributed by atoms with E-state index in [0.717, 1.165) is 36.0 Å². The number of phosphoric acid groups is 1. The number of hydrogen-bond donors (Lipinski definition) is 0. The second kappa shape index (κ2) is 6.75. The maximum atomic E-state index is 12.0. The van der Waals surface area contributed by atoms with E-state index in [2.05, 4.69) is 4.52 Å². The normalized spacial score (nSPS) is 16.9. The summed E-state index contributed by atoms with van der Waals surface area (Å²) in [6.45, 7) is 1.02. The van der Waals surface area contributed by atoms with Gasteiger partial charge < -0.3 is 23.7 Å². The molecule has 1 aliphatic rings. The van der Waals surface area contributed by atoms with Gasteiger partial charge in [-0.3, -0.25) is 4.79 Å². The van der Waals surface area contributed by atoms with Gasteiger partial charge >= 0.3 is 0 Å². The minimum absolute atomic E-state index is 0.192. The van der Waals surface area contributed by atoms with E-state index in [0.29, 0.717) is 5.69 Å². The van der Waals surface area contributed by atoms with Crippen LogP contribution in [0.25, 0.3) is 0 Å². The molecule has 21 heavy (non-hydrogen) atoms. The summed E-state index contributed by atoms with van der Waals surface area (Å²) in [5.41, 5.74) is 1.13. The van der Waals surface area contributed by atoms with Gasteiger partial charge in [-0.05, 0) is 31.4 Å². The zero-order valence-corrected chi connectivity index (χ0v) is 12.7. The molecular formula is C13H18NO6P-2. The van der Waals surface area contributed by atoms with Crippen molar-refractivity contribution >= 4 is 7.82 Å². The monoisotopic (exact) mass is 315 g/mol. The first-order chi connectivity index (χ1) is 9.87. The van der Waals surface area contributed by atoms with Crippen molar-refractivity contribution in [3.63, 3.8) is 0 Å². The van der Waals surface area contributed by atoms with Crippen molar-refractivity contribution in [1.29, 1.82) is 0 Å². The second-order valence-corrected chi connectivity index (χ2v) is 6.40. The molecule has 0 bridgehead atoms. The largest absolute Gasteiger partial charge is 0.790 e. The van der Waals surface area contributed by atoms with Gasteiger partial charge in [0.25, 0.3) is 5.56 Å². The van der Waals surface area contributed by atoms with Crippen molar-refractivity contribution in [3.05, 3.63) is 33.7 Å². The van der Waals surface area contributed by atoms with Crippen LogP contribution in [0.1, 0.15) is 49.3 Å². The Balaban J connectivity index is 2.21. The smallest absolute Gasteiger partial charge is 0.283 e. The molecule has 0 spiro atoms. The number of phosphoric ester groups is 1. The van der Waals surface area contributed by atoms with Crippen molar-refractivity contribution < 1.29 is 23.7 Å². The Bertz CT molecular complexity index is 587. The summed E-state index contributed by atoms with van der Waals surface area (Å²) in [5.74, 6) is 0.192. The third kappa shape index (κ3) is 4.68. The van der Waals surface area contributed by atoms with Crippen molar-refractivity contribution in [2.24, 2.45) is 0 Å².